The molecule has 2 aromatic rings. The van der Waals surface area contributed by atoms with Gasteiger partial charge in [0.05, 0.1) is 10.4 Å². The largest absolute Gasteiger partial charge is 0.265 e. The van der Waals surface area contributed by atoms with Gasteiger partial charge in [-0.1, -0.05) is 32.9 Å². The molecule has 22 heavy (non-hydrogen) atoms. The van der Waals surface area contributed by atoms with Gasteiger partial charge in [-0.15, -0.1) is 5.10 Å². The number of aliphatic imine (C=N–C) groups is 1. The monoisotopic (exact) mass is 383 g/mol. The van der Waals surface area contributed by atoms with Crippen LogP contribution in [0.15, 0.2) is 33.9 Å². The zero-order valence-electron chi connectivity index (χ0n) is 11.2. The molecule has 1 aliphatic heterocycles. The quantitative estimate of drug-likeness (QED) is 0.882. The predicted octanol–water partition coefficient (Wildman–Crippen LogP) is 3.44. The van der Waals surface area contributed by atoms with Crippen molar-refractivity contribution in [2.75, 3.05) is 6.67 Å². The molecule has 0 unspecified atom stereocenters. The zero-order valence-corrected chi connectivity index (χ0v) is 13.6. The molecule has 113 valence electrons. The molecule has 0 saturated heterocycles. The van der Waals surface area contributed by atoms with Crippen LogP contribution in [-0.2, 0) is 10.3 Å². The molecule has 2 heterocycles. The number of H-pyrrole nitrogens is 1. The van der Waals surface area contributed by atoms with Gasteiger partial charge >= 0.3 is 0 Å². The van der Waals surface area contributed by atoms with Gasteiger partial charge in [0.25, 0.3) is 0 Å². The Labute approximate surface area is 137 Å². The molecular formula is C14H10BrF2N4S. The molecule has 1 radical (unpaired) electrons. The van der Waals surface area contributed by atoms with Gasteiger partial charge in [-0.2, -0.15) is 0 Å². The molecule has 4 nitrogen and oxygen atoms in total. The van der Waals surface area contributed by atoms with Crippen molar-refractivity contribution in [2.24, 2.45) is 10.9 Å². The summed E-state index contributed by atoms with van der Waals surface area (Å²) >= 11 is 4.70. The summed E-state index contributed by atoms with van der Waals surface area (Å²) in [4.78, 5) is 4.25. The molecular weight excluding hydrogens is 374 g/mol. The average Bonchev–Trinajstić information content (AvgIpc) is 3.04. The minimum absolute atomic E-state index is 0.176. The van der Waals surface area contributed by atoms with Crippen LogP contribution in [0.25, 0.3) is 0 Å². The Morgan fingerprint density at radius 2 is 2.36 bits per heavy atom. The van der Waals surface area contributed by atoms with Crippen molar-refractivity contribution < 1.29 is 8.78 Å². The number of thioether (sulfide) groups is 1. The van der Waals surface area contributed by atoms with E-state index in [1.807, 2.05) is 0 Å². The third-order valence-corrected chi connectivity index (χ3v) is 6.11. The van der Waals surface area contributed by atoms with E-state index in [1.165, 1.54) is 17.8 Å². The molecule has 2 aliphatic rings. The minimum Gasteiger partial charge on any atom is -0.265 e. The highest BCUT2D eigenvalue weighted by molar-refractivity contribution is 9.10. The van der Waals surface area contributed by atoms with Gasteiger partial charge in [0.2, 0.25) is 0 Å². The first-order chi connectivity index (χ1) is 10.6. The van der Waals surface area contributed by atoms with Gasteiger partial charge in [-0.05, 0) is 24.6 Å². The Morgan fingerprint density at radius 3 is 3.09 bits per heavy atom. The number of aromatic amines is 1. The van der Waals surface area contributed by atoms with E-state index in [9.17, 15) is 8.78 Å². The molecule has 1 aliphatic carbocycles. The summed E-state index contributed by atoms with van der Waals surface area (Å²) in [5, 5.41) is 10.5. The Bertz CT molecular complexity index is 753. The van der Waals surface area contributed by atoms with E-state index in [0.717, 1.165) is 5.69 Å². The molecule has 8 heteroatoms. The average molecular weight is 384 g/mol. The lowest BCUT2D eigenvalue weighted by Gasteiger charge is -2.32. The highest BCUT2D eigenvalue weighted by Gasteiger charge is 2.69. The smallest absolute Gasteiger partial charge is 0.129 e. The molecule has 1 N–H and O–H groups in total. The second-order valence-corrected chi connectivity index (χ2v) is 7.52. The SMILES string of the molecule is FC[C@]1(c2cc(Br)ccc2F)N=[C]S[C@@]2(c3c[nH]nn3)C[C@@H]12. The van der Waals surface area contributed by atoms with Crippen LogP contribution in [0.4, 0.5) is 8.78 Å². The predicted molar refractivity (Wildman–Crippen MR) is 82.9 cm³/mol. The maximum atomic E-state index is 14.3. The first kappa shape index (κ1) is 14.3. The van der Waals surface area contributed by atoms with Crippen LogP contribution in [0.1, 0.15) is 17.7 Å². The summed E-state index contributed by atoms with van der Waals surface area (Å²) in [5.41, 5.74) is 2.57. The van der Waals surface area contributed by atoms with Gasteiger partial charge in [0.15, 0.2) is 0 Å². The number of rotatable bonds is 3. The Kier molecular flexibility index (Phi) is 3.16. The molecule has 1 fully saturated rings. The number of benzene rings is 1. The summed E-state index contributed by atoms with van der Waals surface area (Å²) in [6.45, 7) is -0.780. The Balaban J connectivity index is 1.84. The maximum absolute atomic E-state index is 14.3. The van der Waals surface area contributed by atoms with Crippen LogP contribution in [-0.4, -0.2) is 27.6 Å². The first-order valence-electron chi connectivity index (χ1n) is 6.66. The summed E-state index contributed by atoms with van der Waals surface area (Å²) in [6, 6.07) is 4.52. The van der Waals surface area contributed by atoms with E-state index in [-0.39, 0.29) is 11.5 Å². The van der Waals surface area contributed by atoms with Crippen molar-refractivity contribution in [2.45, 2.75) is 16.7 Å². The van der Waals surface area contributed by atoms with Gasteiger partial charge in [-0.3, -0.25) is 10.1 Å². The molecule has 3 atom stereocenters. The third-order valence-electron chi connectivity index (χ3n) is 4.41. The van der Waals surface area contributed by atoms with Crippen molar-refractivity contribution in [3.05, 3.63) is 45.9 Å². The molecule has 0 bridgehead atoms. The van der Waals surface area contributed by atoms with Crippen LogP contribution in [0.2, 0.25) is 0 Å². The fourth-order valence-electron chi connectivity index (χ4n) is 3.19. The number of hydrogen-bond acceptors (Lipinski definition) is 4. The summed E-state index contributed by atoms with van der Waals surface area (Å²) < 4.78 is 28.7. The van der Waals surface area contributed by atoms with Gasteiger partial charge in [0.1, 0.15) is 23.6 Å². The topological polar surface area (TPSA) is 53.9 Å². The maximum Gasteiger partial charge on any atom is 0.129 e. The minimum atomic E-state index is -1.25. The van der Waals surface area contributed by atoms with Crippen LogP contribution in [0, 0.1) is 11.7 Å². The number of nitrogens with zero attached hydrogens (tertiary/aromatic N) is 3. The lowest BCUT2D eigenvalue weighted by Crippen LogP contribution is -2.36. The van der Waals surface area contributed by atoms with Crippen LogP contribution in [0.5, 0.6) is 0 Å². The Morgan fingerprint density at radius 1 is 1.50 bits per heavy atom. The lowest BCUT2D eigenvalue weighted by atomic mass is 9.84. The first-order valence-corrected chi connectivity index (χ1v) is 8.27. The molecule has 0 amide bonds. The fourth-order valence-corrected chi connectivity index (χ4v) is 4.72. The number of nitrogens with one attached hydrogen (secondary N) is 1. The lowest BCUT2D eigenvalue weighted by molar-refractivity contribution is 0.264. The van der Waals surface area contributed by atoms with E-state index in [1.54, 1.807) is 18.3 Å². The zero-order chi connectivity index (χ0) is 15.4. The number of alkyl halides is 1. The van der Waals surface area contributed by atoms with E-state index in [2.05, 4.69) is 41.9 Å². The van der Waals surface area contributed by atoms with Gasteiger partial charge in [0, 0.05) is 22.2 Å². The number of halogens is 3. The van der Waals surface area contributed by atoms with E-state index >= 15 is 0 Å². The number of aromatic nitrogens is 3. The molecule has 1 aromatic carbocycles. The van der Waals surface area contributed by atoms with Gasteiger partial charge < -0.3 is 0 Å². The summed E-state index contributed by atoms with van der Waals surface area (Å²) in [7, 11) is 0. The highest BCUT2D eigenvalue weighted by Crippen LogP contribution is 2.70. The van der Waals surface area contributed by atoms with Crippen molar-refractivity contribution in [1.82, 2.24) is 15.4 Å². The van der Waals surface area contributed by atoms with Crippen molar-refractivity contribution in [1.29, 1.82) is 0 Å². The van der Waals surface area contributed by atoms with Crippen LogP contribution < -0.4 is 0 Å². The van der Waals surface area contributed by atoms with E-state index in [0.29, 0.717) is 10.9 Å². The van der Waals surface area contributed by atoms with Crippen LogP contribution >= 0.6 is 27.7 Å². The molecule has 4 rings (SSSR count). The van der Waals surface area contributed by atoms with E-state index < -0.39 is 22.8 Å². The second-order valence-electron chi connectivity index (χ2n) is 5.49. The van der Waals surface area contributed by atoms with Crippen molar-refractivity contribution in [3.8, 4) is 0 Å². The summed E-state index contributed by atoms with van der Waals surface area (Å²) in [5.74, 6) is -0.635. The molecule has 0 spiro atoms. The normalized spacial score (nSPS) is 32.8. The van der Waals surface area contributed by atoms with Crippen molar-refractivity contribution in [3.63, 3.8) is 0 Å². The second kappa shape index (κ2) is 4.86. The van der Waals surface area contributed by atoms with E-state index in [4.69, 9.17) is 0 Å². The van der Waals surface area contributed by atoms with Gasteiger partial charge in [-0.25, -0.2) is 8.78 Å². The van der Waals surface area contributed by atoms with Crippen molar-refractivity contribution >= 4 is 33.2 Å². The Hall–Kier alpha value is -1.28. The molecule has 1 saturated carbocycles. The third kappa shape index (κ3) is 1.83. The summed E-state index contributed by atoms with van der Waals surface area (Å²) in [6.07, 6.45) is 2.36. The highest BCUT2D eigenvalue weighted by atomic mass is 79.9. The fraction of sp³-hybridized carbons (Fsp3) is 0.357. The standard InChI is InChI=1S/C14H10BrF2N4S/c15-8-1-2-10(17)9(3-8)13(6-16)11-4-14(11,22-7-18-13)12-5-19-21-20-12/h1-3,5,11H,4,6H2,(H,19,20,21)/t11-,13+,14-/m0/s1. The molecule has 1 aromatic heterocycles. The van der Waals surface area contributed by atoms with Crippen LogP contribution in [0.3, 0.4) is 0 Å². The number of fused-ring (bicyclic) bond motifs is 1. The number of hydrogen-bond donors (Lipinski definition) is 1.